The SMILES string of the molecule is CC(=O)N1CCN(C2CCN(C(C(=O)CCc3cc(C(F)(F)F)cc(C(F)(F)F)c3)c3ccccc3)CC2)C1=O. The van der Waals surface area contributed by atoms with Crippen LogP contribution in [0.3, 0.4) is 0 Å². The Morgan fingerprint density at radius 2 is 1.45 bits per heavy atom. The van der Waals surface area contributed by atoms with Gasteiger partial charge in [-0.25, -0.2) is 4.79 Å². The molecule has 2 heterocycles. The molecule has 40 heavy (non-hydrogen) atoms. The number of amides is 3. The van der Waals surface area contributed by atoms with Gasteiger partial charge in [-0.05, 0) is 48.6 Å². The van der Waals surface area contributed by atoms with Crippen LogP contribution in [0.5, 0.6) is 0 Å². The van der Waals surface area contributed by atoms with Crippen LogP contribution in [-0.2, 0) is 28.4 Å². The molecule has 4 rings (SSSR count). The molecule has 0 spiro atoms. The van der Waals surface area contributed by atoms with E-state index in [4.69, 9.17) is 0 Å². The molecule has 0 N–H and O–H groups in total. The van der Waals surface area contributed by atoms with E-state index in [0.29, 0.717) is 56.7 Å². The van der Waals surface area contributed by atoms with Gasteiger partial charge < -0.3 is 4.90 Å². The Hall–Kier alpha value is -3.41. The number of urea groups is 1. The van der Waals surface area contributed by atoms with Crippen molar-refractivity contribution in [3.63, 3.8) is 0 Å². The number of piperidine rings is 1. The minimum absolute atomic E-state index is 0.0724. The van der Waals surface area contributed by atoms with Crippen molar-refractivity contribution in [1.29, 1.82) is 0 Å². The minimum Gasteiger partial charge on any atom is -0.319 e. The standard InChI is InChI=1S/C28H29F6N3O3/c1-18(38)36-13-14-37(26(36)40)23-9-11-35(12-10-23)25(20-5-3-2-4-6-20)24(39)8-7-19-15-21(27(29,30)31)17-22(16-19)28(32,33)34/h2-6,15-17,23,25H,7-14H2,1H3. The second kappa shape index (κ2) is 11.6. The molecule has 1 atom stereocenters. The summed E-state index contributed by atoms with van der Waals surface area (Å²) >= 11 is 0. The number of benzene rings is 2. The average molecular weight is 570 g/mol. The van der Waals surface area contributed by atoms with E-state index in [1.807, 2.05) is 4.90 Å². The van der Waals surface area contributed by atoms with Crippen molar-refractivity contribution in [3.8, 4) is 0 Å². The van der Waals surface area contributed by atoms with Crippen LogP contribution in [0.1, 0.15) is 54.5 Å². The summed E-state index contributed by atoms with van der Waals surface area (Å²) < 4.78 is 79.6. The Balaban J connectivity index is 1.49. The predicted molar refractivity (Wildman–Crippen MR) is 133 cm³/mol. The lowest BCUT2D eigenvalue weighted by Gasteiger charge is -2.39. The molecule has 216 valence electrons. The second-order valence-electron chi connectivity index (χ2n) is 10.1. The van der Waals surface area contributed by atoms with Gasteiger partial charge in [0, 0.05) is 45.6 Å². The van der Waals surface area contributed by atoms with Crippen LogP contribution in [0.15, 0.2) is 48.5 Å². The maximum Gasteiger partial charge on any atom is 0.416 e. The number of hydrogen-bond acceptors (Lipinski definition) is 4. The zero-order valence-corrected chi connectivity index (χ0v) is 21.8. The fourth-order valence-corrected chi connectivity index (χ4v) is 5.44. The number of aryl methyl sites for hydroxylation is 1. The molecule has 6 nitrogen and oxygen atoms in total. The van der Waals surface area contributed by atoms with Crippen LogP contribution in [0.2, 0.25) is 0 Å². The lowest BCUT2D eigenvalue weighted by Crippen LogP contribution is -2.48. The Bertz CT molecular complexity index is 1210. The number of hydrogen-bond donors (Lipinski definition) is 0. The van der Waals surface area contributed by atoms with Gasteiger partial charge in [-0.15, -0.1) is 0 Å². The van der Waals surface area contributed by atoms with Crippen molar-refractivity contribution < 1.29 is 40.7 Å². The number of imide groups is 1. The van der Waals surface area contributed by atoms with Gasteiger partial charge >= 0.3 is 18.4 Å². The molecular formula is C28H29F6N3O3. The molecule has 2 fully saturated rings. The highest BCUT2D eigenvalue weighted by molar-refractivity contribution is 5.94. The molecule has 0 saturated carbocycles. The molecule has 1 unspecified atom stereocenters. The summed E-state index contributed by atoms with van der Waals surface area (Å²) in [7, 11) is 0. The highest BCUT2D eigenvalue weighted by Gasteiger charge is 2.40. The number of likely N-dealkylation sites (tertiary alicyclic amines) is 1. The Morgan fingerprint density at radius 1 is 0.875 bits per heavy atom. The Morgan fingerprint density at radius 3 is 1.95 bits per heavy atom. The first-order chi connectivity index (χ1) is 18.8. The van der Waals surface area contributed by atoms with E-state index in [0.717, 1.165) is 0 Å². The van der Waals surface area contributed by atoms with Gasteiger partial charge in [0.1, 0.15) is 0 Å². The van der Waals surface area contributed by atoms with Crippen LogP contribution in [0.25, 0.3) is 0 Å². The molecule has 12 heteroatoms. The van der Waals surface area contributed by atoms with Gasteiger partial charge in [-0.3, -0.25) is 19.4 Å². The fourth-order valence-electron chi connectivity index (χ4n) is 5.44. The highest BCUT2D eigenvalue weighted by atomic mass is 19.4. The summed E-state index contributed by atoms with van der Waals surface area (Å²) in [5.41, 5.74) is -2.37. The lowest BCUT2D eigenvalue weighted by atomic mass is 9.92. The van der Waals surface area contributed by atoms with E-state index >= 15 is 0 Å². The molecule has 0 radical (unpaired) electrons. The fraction of sp³-hybridized carbons (Fsp3) is 0.464. The molecule has 2 aromatic rings. The summed E-state index contributed by atoms with van der Waals surface area (Å²) in [6, 6.07) is 9.01. The third-order valence-electron chi connectivity index (χ3n) is 7.45. The van der Waals surface area contributed by atoms with Gasteiger partial charge in [0.25, 0.3) is 0 Å². The first-order valence-electron chi connectivity index (χ1n) is 12.9. The van der Waals surface area contributed by atoms with E-state index < -0.39 is 29.5 Å². The van der Waals surface area contributed by atoms with Gasteiger partial charge in [0.15, 0.2) is 5.78 Å². The van der Waals surface area contributed by atoms with Gasteiger partial charge in [0.05, 0.1) is 17.2 Å². The molecule has 2 aliphatic heterocycles. The molecule has 2 saturated heterocycles. The van der Waals surface area contributed by atoms with Crippen LogP contribution >= 0.6 is 0 Å². The van der Waals surface area contributed by atoms with Gasteiger partial charge in [0.2, 0.25) is 5.91 Å². The summed E-state index contributed by atoms with van der Waals surface area (Å²) in [6.07, 6.45) is -9.36. The van der Waals surface area contributed by atoms with E-state index in [9.17, 15) is 40.7 Å². The van der Waals surface area contributed by atoms with Crippen LogP contribution < -0.4 is 0 Å². The first kappa shape index (κ1) is 29.6. The summed E-state index contributed by atoms with van der Waals surface area (Å²) in [5.74, 6) is -0.640. The molecular weight excluding hydrogens is 540 g/mol. The Labute approximate surface area is 227 Å². The maximum absolute atomic E-state index is 13.5. The molecule has 0 aromatic heterocycles. The number of carbonyl (C=O) groups excluding carboxylic acids is 3. The monoisotopic (exact) mass is 569 g/mol. The van der Waals surface area contributed by atoms with Gasteiger partial charge in [-0.1, -0.05) is 30.3 Å². The van der Waals surface area contributed by atoms with Gasteiger partial charge in [-0.2, -0.15) is 26.3 Å². The van der Waals surface area contributed by atoms with Crippen molar-refractivity contribution in [2.45, 2.75) is 57.0 Å². The molecule has 2 aliphatic rings. The second-order valence-corrected chi connectivity index (χ2v) is 10.1. The normalized spacial score (nSPS) is 18.3. The van der Waals surface area contributed by atoms with Crippen LogP contribution in [0.4, 0.5) is 31.1 Å². The number of halogens is 6. The quantitative estimate of drug-likeness (QED) is 0.401. The molecule has 2 aromatic carbocycles. The van der Waals surface area contributed by atoms with Crippen molar-refractivity contribution in [3.05, 3.63) is 70.8 Å². The van der Waals surface area contributed by atoms with E-state index in [1.165, 1.54) is 11.8 Å². The van der Waals surface area contributed by atoms with Crippen LogP contribution in [-0.4, -0.2) is 64.6 Å². The molecule has 3 amide bonds. The van der Waals surface area contributed by atoms with Crippen molar-refractivity contribution >= 4 is 17.7 Å². The topological polar surface area (TPSA) is 60.9 Å². The lowest BCUT2D eigenvalue weighted by molar-refractivity contribution is -0.143. The first-order valence-corrected chi connectivity index (χ1v) is 12.9. The Kier molecular flexibility index (Phi) is 8.57. The number of ketones is 1. The van der Waals surface area contributed by atoms with E-state index in [1.54, 1.807) is 35.2 Å². The molecule has 0 aliphatic carbocycles. The van der Waals surface area contributed by atoms with Crippen molar-refractivity contribution in [2.75, 3.05) is 26.2 Å². The summed E-state index contributed by atoms with van der Waals surface area (Å²) in [4.78, 5) is 42.6. The number of alkyl halides is 6. The number of nitrogens with zero attached hydrogens (tertiary/aromatic N) is 3. The number of Topliss-reactive ketones (excluding diaryl/α,β-unsaturated/α-hetero) is 1. The molecule has 0 bridgehead atoms. The smallest absolute Gasteiger partial charge is 0.319 e. The third kappa shape index (κ3) is 6.65. The van der Waals surface area contributed by atoms with Crippen molar-refractivity contribution in [2.24, 2.45) is 0 Å². The largest absolute Gasteiger partial charge is 0.416 e. The zero-order chi connectivity index (χ0) is 29.2. The minimum atomic E-state index is -4.96. The highest BCUT2D eigenvalue weighted by Crippen LogP contribution is 2.37. The maximum atomic E-state index is 13.5. The third-order valence-corrected chi connectivity index (χ3v) is 7.45. The van der Waals surface area contributed by atoms with Crippen LogP contribution in [0, 0.1) is 0 Å². The van der Waals surface area contributed by atoms with E-state index in [2.05, 4.69) is 0 Å². The predicted octanol–water partition coefficient (Wildman–Crippen LogP) is 5.72. The summed E-state index contributed by atoms with van der Waals surface area (Å²) in [5, 5.41) is 0. The summed E-state index contributed by atoms with van der Waals surface area (Å²) in [6.45, 7) is 2.98. The van der Waals surface area contributed by atoms with E-state index in [-0.39, 0.29) is 48.2 Å². The zero-order valence-electron chi connectivity index (χ0n) is 21.8. The van der Waals surface area contributed by atoms with Crippen molar-refractivity contribution in [1.82, 2.24) is 14.7 Å². The average Bonchev–Trinajstić information content (AvgIpc) is 3.29. The number of rotatable bonds is 7. The number of carbonyl (C=O) groups is 3.